The molecule has 0 bridgehead atoms. The van der Waals surface area contributed by atoms with E-state index in [4.69, 9.17) is 10.00 Å². The third-order valence-corrected chi connectivity index (χ3v) is 2.83. The first kappa shape index (κ1) is 16.0. The van der Waals surface area contributed by atoms with Gasteiger partial charge in [-0.15, -0.1) is 0 Å². The molecule has 1 aromatic carbocycles. The summed E-state index contributed by atoms with van der Waals surface area (Å²) in [5.74, 6) is -0.601. The van der Waals surface area contributed by atoms with Crippen LogP contribution in [0.4, 0.5) is 4.39 Å². The van der Waals surface area contributed by atoms with Crippen LogP contribution in [0, 0.1) is 22.6 Å². The fourth-order valence-corrected chi connectivity index (χ4v) is 1.53. The Labute approximate surface area is 118 Å². The van der Waals surface area contributed by atoms with Gasteiger partial charge in [-0.2, -0.15) is 5.26 Å². The minimum Gasteiger partial charge on any atom is -0.491 e. The molecule has 20 heavy (non-hydrogen) atoms. The number of amides is 1. The lowest BCUT2D eigenvalue weighted by atomic mass is 9.93. The Kier molecular flexibility index (Phi) is 5.51. The smallest absolute Gasteiger partial charge is 0.229 e. The number of halogens is 1. The highest BCUT2D eigenvalue weighted by Crippen LogP contribution is 2.23. The fourth-order valence-electron chi connectivity index (χ4n) is 1.53. The van der Waals surface area contributed by atoms with Crippen LogP contribution in [0.3, 0.4) is 0 Å². The first-order chi connectivity index (χ1) is 9.42. The first-order valence-electron chi connectivity index (χ1n) is 6.52. The molecule has 0 saturated carbocycles. The van der Waals surface area contributed by atoms with Gasteiger partial charge < -0.3 is 10.1 Å². The minimum atomic E-state index is -0.756. The molecule has 1 amide bonds. The van der Waals surface area contributed by atoms with Crippen molar-refractivity contribution in [3.8, 4) is 11.8 Å². The van der Waals surface area contributed by atoms with Crippen LogP contribution >= 0.6 is 0 Å². The SMILES string of the molecule is CCCNC(=O)C(C)(C)COc1cccc(F)c1C#N. The Balaban J connectivity index is 2.74. The molecule has 0 unspecified atom stereocenters. The summed E-state index contributed by atoms with van der Waals surface area (Å²) < 4.78 is 18.9. The van der Waals surface area contributed by atoms with Gasteiger partial charge in [0.15, 0.2) is 0 Å². The van der Waals surface area contributed by atoms with Crippen LogP contribution in [0.25, 0.3) is 0 Å². The summed E-state index contributed by atoms with van der Waals surface area (Å²) in [6.45, 7) is 6.12. The van der Waals surface area contributed by atoms with Gasteiger partial charge in [-0.25, -0.2) is 4.39 Å². The highest BCUT2D eigenvalue weighted by Gasteiger charge is 2.28. The average molecular weight is 278 g/mol. The molecule has 0 aliphatic heterocycles. The maximum absolute atomic E-state index is 13.4. The predicted octanol–water partition coefficient (Wildman–Crippen LogP) is 2.63. The van der Waals surface area contributed by atoms with Crippen molar-refractivity contribution in [1.29, 1.82) is 5.26 Å². The first-order valence-corrected chi connectivity index (χ1v) is 6.52. The van der Waals surface area contributed by atoms with Crippen molar-refractivity contribution in [3.63, 3.8) is 0 Å². The van der Waals surface area contributed by atoms with Crippen molar-refractivity contribution in [2.75, 3.05) is 13.2 Å². The number of ether oxygens (including phenoxy) is 1. The molecule has 0 saturated heterocycles. The number of benzene rings is 1. The van der Waals surface area contributed by atoms with Gasteiger partial charge in [0.05, 0.1) is 5.41 Å². The zero-order chi connectivity index (χ0) is 15.2. The largest absolute Gasteiger partial charge is 0.491 e. The summed E-state index contributed by atoms with van der Waals surface area (Å²) in [5.41, 5.74) is -0.897. The van der Waals surface area contributed by atoms with E-state index in [0.29, 0.717) is 6.54 Å². The topological polar surface area (TPSA) is 62.1 Å². The Bertz CT molecular complexity index is 521. The van der Waals surface area contributed by atoms with E-state index >= 15 is 0 Å². The van der Waals surface area contributed by atoms with Crippen LogP contribution < -0.4 is 10.1 Å². The molecule has 5 heteroatoms. The quantitative estimate of drug-likeness (QED) is 0.870. The van der Waals surface area contributed by atoms with E-state index in [1.54, 1.807) is 19.9 Å². The van der Waals surface area contributed by atoms with Gasteiger partial charge >= 0.3 is 0 Å². The lowest BCUT2D eigenvalue weighted by molar-refractivity contribution is -0.130. The summed E-state index contributed by atoms with van der Waals surface area (Å²) in [5, 5.41) is 11.7. The summed E-state index contributed by atoms with van der Waals surface area (Å²) in [6, 6.07) is 5.95. The summed E-state index contributed by atoms with van der Waals surface area (Å²) in [6.07, 6.45) is 0.852. The lowest BCUT2D eigenvalue weighted by Gasteiger charge is -2.24. The molecule has 4 nitrogen and oxygen atoms in total. The van der Waals surface area contributed by atoms with Gasteiger partial charge in [0, 0.05) is 6.54 Å². The highest BCUT2D eigenvalue weighted by atomic mass is 19.1. The van der Waals surface area contributed by atoms with E-state index in [9.17, 15) is 9.18 Å². The molecule has 0 heterocycles. The second-order valence-electron chi connectivity index (χ2n) is 5.15. The number of nitrogens with zero attached hydrogens (tertiary/aromatic N) is 1. The van der Waals surface area contributed by atoms with Gasteiger partial charge in [-0.1, -0.05) is 13.0 Å². The van der Waals surface area contributed by atoms with Crippen LogP contribution in [0.1, 0.15) is 32.8 Å². The van der Waals surface area contributed by atoms with E-state index in [1.807, 2.05) is 6.92 Å². The molecular formula is C15H19FN2O2. The van der Waals surface area contributed by atoms with Gasteiger partial charge in [0.2, 0.25) is 5.91 Å². The molecule has 0 spiro atoms. The highest BCUT2D eigenvalue weighted by molar-refractivity contribution is 5.81. The van der Waals surface area contributed by atoms with E-state index in [1.165, 1.54) is 18.2 Å². The molecule has 1 rings (SSSR count). The molecular weight excluding hydrogens is 259 g/mol. The average Bonchev–Trinajstić information content (AvgIpc) is 2.42. The van der Waals surface area contributed by atoms with Crippen molar-refractivity contribution in [2.45, 2.75) is 27.2 Å². The lowest BCUT2D eigenvalue weighted by Crippen LogP contribution is -2.41. The second-order valence-corrected chi connectivity index (χ2v) is 5.15. The molecule has 0 radical (unpaired) electrons. The Morgan fingerprint density at radius 1 is 1.50 bits per heavy atom. The molecule has 0 aliphatic carbocycles. The normalized spacial score (nSPS) is 10.8. The zero-order valence-corrected chi connectivity index (χ0v) is 12.0. The van der Waals surface area contributed by atoms with Gasteiger partial charge in [-0.3, -0.25) is 4.79 Å². The summed E-state index contributed by atoms with van der Waals surface area (Å²) in [4.78, 5) is 11.9. The van der Waals surface area contributed by atoms with Crippen LogP contribution in [-0.4, -0.2) is 19.1 Å². The molecule has 0 aromatic heterocycles. The molecule has 1 aromatic rings. The Morgan fingerprint density at radius 3 is 2.80 bits per heavy atom. The summed E-state index contributed by atoms with van der Waals surface area (Å²) >= 11 is 0. The molecule has 0 fully saturated rings. The van der Waals surface area contributed by atoms with Crippen molar-refractivity contribution in [1.82, 2.24) is 5.32 Å². The van der Waals surface area contributed by atoms with Crippen molar-refractivity contribution < 1.29 is 13.9 Å². The monoisotopic (exact) mass is 278 g/mol. The van der Waals surface area contributed by atoms with Gasteiger partial charge in [0.1, 0.15) is 29.8 Å². The van der Waals surface area contributed by atoms with Crippen LogP contribution in [0.2, 0.25) is 0 Å². The number of nitriles is 1. The molecule has 0 aliphatic rings. The number of hydrogen-bond acceptors (Lipinski definition) is 3. The van der Waals surface area contributed by atoms with Gasteiger partial charge in [0.25, 0.3) is 0 Å². The number of hydrogen-bond donors (Lipinski definition) is 1. The Hall–Kier alpha value is -2.09. The number of carbonyl (C=O) groups is 1. The summed E-state index contributed by atoms with van der Waals surface area (Å²) in [7, 11) is 0. The third-order valence-electron chi connectivity index (χ3n) is 2.83. The number of nitrogens with one attached hydrogen (secondary N) is 1. The van der Waals surface area contributed by atoms with E-state index in [2.05, 4.69) is 5.32 Å². The fraction of sp³-hybridized carbons (Fsp3) is 0.467. The molecule has 0 atom stereocenters. The minimum absolute atomic E-state index is 0.0701. The third kappa shape index (κ3) is 3.95. The Morgan fingerprint density at radius 2 is 2.20 bits per heavy atom. The van der Waals surface area contributed by atoms with Crippen molar-refractivity contribution in [2.24, 2.45) is 5.41 Å². The van der Waals surface area contributed by atoms with E-state index < -0.39 is 11.2 Å². The maximum atomic E-state index is 13.4. The number of rotatable bonds is 6. The van der Waals surface area contributed by atoms with E-state index in [-0.39, 0.29) is 23.8 Å². The zero-order valence-electron chi connectivity index (χ0n) is 12.0. The van der Waals surface area contributed by atoms with Gasteiger partial charge in [-0.05, 0) is 32.4 Å². The van der Waals surface area contributed by atoms with Crippen molar-refractivity contribution >= 4 is 5.91 Å². The predicted molar refractivity (Wildman–Crippen MR) is 73.7 cm³/mol. The van der Waals surface area contributed by atoms with E-state index in [0.717, 1.165) is 6.42 Å². The molecule has 108 valence electrons. The second kappa shape index (κ2) is 6.90. The number of carbonyl (C=O) groups excluding carboxylic acids is 1. The molecule has 1 N–H and O–H groups in total. The standard InChI is InChI=1S/C15H19FN2O2/c1-4-8-18-14(19)15(2,3)10-20-13-7-5-6-12(16)11(13)9-17/h5-7H,4,8,10H2,1-3H3,(H,18,19). The van der Waals surface area contributed by atoms with Crippen LogP contribution in [-0.2, 0) is 4.79 Å². The van der Waals surface area contributed by atoms with Crippen molar-refractivity contribution in [3.05, 3.63) is 29.6 Å². The van der Waals surface area contributed by atoms with Crippen LogP contribution in [0.15, 0.2) is 18.2 Å². The maximum Gasteiger partial charge on any atom is 0.229 e. The van der Waals surface area contributed by atoms with Crippen LogP contribution in [0.5, 0.6) is 5.75 Å².